The van der Waals surface area contributed by atoms with Gasteiger partial charge in [-0.2, -0.15) is 0 Å². The number of nitrogens with zero attached hydrogens (tertiary/aromatic N) is 1. The number of sulfonamides is 1. The van der Waals surface area contributed by atoms with Gasteiger partial charge in [0.05, 0.1) is 23.7 Å². The van der Waals surface area contributed by atoms with Crippen molar-refractivity contribution in [1.29, 1.82) is 0 Å². The molecule has 1 heterocycles. The number of benzene rings is 2. The van der Waals surface area contributed by atoms with Crippen molar-refractivity contribution < 1.29 is 27.4 Å². The van der Waals surface area contributed by atoms with Crippen LogP contribution in [0.5, 0.6) is 11.5 Å². The number of rotatable bonds is 5. The van der Waals surface area contributed by atoms with Crippen molar-refractivity contribution >= 4 is 21.6 Å². The van der Waals surface area contributed by atoms with Gasteiger partial charge < -0.3 is 24.4 Å². The molecule has 34 heavy (non-hydrogen) atoms. The number of hydrogen-bond acceptors (Lipinski definition) is 7. The van der Waals surface area contributed by atoms with Gasteiger partial charge in [0.15, 0.2) is 0 Å². The Bertz CT molecular complexity index is 1110. The summed E-state index contributed by atoms with van der Waals surface area (Å²) in [5.74, 6) is 0.697. The van der Waals surface area contributed by atoms with Gasteiger partial charge in [0.1, 0.15) is 18.1 Å². The first kappa shape index (κ1) is 25.8. The molecule has 3 rings (SSSR count). The molecule has 1 amide bonds. The van der Waals surface area contributed by atoms with E-state index in [1.807, 2.05) is 6.92 Å². The van der Waals surface area contributed by atoms with Crippen LogP contribution in [0.15, 0.2) is 47.4 Å². The number of fused-ring (bicyclic) bond motifs is 1. The molecule has 0 saturated heterocycles. The second-order valence-electron chi connectivity index (χ2n) is 8.55. The Kier molecular flexibility index (Phi) is 8.40. The fraction of sp³-hybridized carbons (Fsp3) is 0.458. The number of hydrogen-bond donors (Lipinski definition) is 2. The maximum Gasteiger partial charge on any atom is 0.262 e. The zero-order chi connectivity index (χ0) is 24.9. The van der Waals surface area contributed by atoms with Gasteiger partial charge >= 0.3 is 0 Å². The molecule has 0 aromatic heterocycles. The number of anilines is 1. The molecule has 1 aliphatic rings. The first-order chi connectivity index (χ1) is 16.1. The van der Waals surface area contributed by atoms with E-state index in [-0.39, 0.29) is 40.1 Å². The lowest BCUT2D eigenvalue weighted by Gasteiger charge is -2.30. The topological polar surface area (TPSA) is 106 Å². The summed E-state index contributed by atoms with van der Waals surface area (Å²) in [5, 5.41) is 3.43. The van der Waals surface area contributed by atoms with Gasteiger partial charge in [-0.25, -0.2) is 8.42 Å². The summed E-state index contributed by atoms with van der Waals surface area (Å²) >= 11 is 0. The van der Waals surface area contributed by atoms with E-state index < -0.39 is 10.0 Å². The van der Waals surface area contributed by atoms with E-state index in [4.69, 9.17) is 14.2 Å². The third kappa shape index (κ3) is 6.19. The molecular formula is C24H33N3O6S. The summed E-state index contributed by atoms with van der Waals surface area (Å²) in [4.78, 5) is 15.0. The number of ether oxygens (including phenoxy) is 3. The minimum absolute atomic E-state index is 0.0475. The van der Waals surface area contributed by atoms with E-state index >= 15 is 0 Å². The van der Waals surface area contributed by atoms with Crippen LogP contribution in [0.3, 0.4) is 0 Å². The van der Waals surface area contributed by atoms with Gasteiger partial charge in [-0.15, -0.1) is 0 Å². The third-order valence-corrected chi connectivity index (χ3v) is 7.21. The van der Waals surface area contributed by atoms with Crippen molar-refractivity contribution in [2.24, 2.45) is 5.92 Å². The number of carbonyl (C=O) groups is 1. The molecule has 0 bridgehead atoms. The molecule has 1 aliphatic heterocycles. The third-order valence-electron chi connectivity index (χ3n) is 5.83. The van der Waals surface area contributed by atoms with E-state index in [9.17, 15) is 13.2 Å². The van der Waals surface area contributed by atoms with Crippen LogP contribution in [-0.2, 0) is 14.8 Å². The largest absolute Gasteiger partial charge is 0.497 e. The van der Waals surface area contributed by atoms with Crippen LogP contribution in [0, 0.1) is 5.92 Å². The summed E-state index contributed by atoms with van der Waals surface area (Å²) in [6, 6.07) is 10.9. The predicted octanol–water partition coefficient (Wildman–Crippen LogP) is 2.59. The van der Waals surface area contributed by atoms with Crippen molar-refractivity contribution in [2.45, 2.75) is 30.9 Å². The van der Waals surface area contributed by atoms with Crippen LogP contribution < -0.4 is 19.5 Å². The first-order valence-electron chi connectivity index (χ1n) is 11.1. The minimum Gasteiger partial charge on any atom is -0.497 e. The van der Waals surface area contributed by atoms with Gasteiger partial charge in [-0.3, -0.25) is 9.52 Å². The zero-order valence-electron chi connectivity index (χ0n) is 20.2. The second kappa shape index (κ2) is 11.1. The highest BCUT2D eigenvalue weighted by Crippen LogP contribution is 2.27. The summed E-state index contributed by atoms with van der Waals surface area (Å²) in [6.45, 7) is 5.53. The number of amides is 1. The Morgan fingerprint density at radius 2 is 1.91 bits per heavy atom. The highest BCUT2D eigenvalue weighted by atomic mass is 32.2. The Morgan fingerprint density at radius 3 is 2.62 bits per heavy atom. The highest BCUT2D eigenvalue weighted by molar-refractivity contribution is 7.92. The van der Waals surface area contributed by atoms with Crippen LogP contribution in [0.1, 0.15) is 24.2 Å². The van der Waals surface area contributed by atoms with E-state index in [1.165, 1.54) is 25.3 Å². The van der Waals surface area contributed by atoms with Crippen LogP contribution >= 0.6 is 0 Å². The fourth-order valence-electron chi connectivity index (χ4n) is 3.71. The van der Waals surface area contributed by atoms with Crippen LogP contribution in [0.25, 0.3) is 0 Å². The molecule has 2 aromatic rings. The molecule has 0 unspecified atom stereocenters. The average molecular weight is 492 g/mol. The average Bonchev–Trinajstić information content (AvgIpc) is 2.83. The van der Waals surface area contributed by atoms with Gasteiger partial charge in [-0.05, 0) is 43.2 Å². The standard InChI is InChI=1S/C24H33N3O6S/c1-16-13-25-17(2)15-33-22-10-9-18(11-21(22)24(28)27(3)14-23(16)32-5)26-34(29,30)20-8-6-7-19(12-20)31-4/h6-12,16-17,23,25-26H,13-15H2,1-5H3/t16-,17+,23+/m0/s1. The lowest BCUT2D eigenvalue weighted by atomic mass is 10.0. The first-order valence-corrected chi connectivity index (χ1v) is 12.6. The lowest BCUT2D eigenvalue weighted by molar-refractivity contribution is 0.0281. The van der Waals surface area contributed by atoms with E-state index in [0.717, 1.165) is 6.54 Å². The molecule has 10 heteroatoms. The number of nitrogens with one attached hydrogen (secondary N) is 2. The highest BCUT2D eigenvalue weighted by Gasteiger charge is 2.26. The fourth-order valence-corrected chi connectivity index (χ4v) is 4.79. The summed E-state index contributed by atoms with van der Waals surface area (Å²) in [5.41, 5.74) is 0.519. The molecule has 2 aromatic carbocycles. The van der Waals surface area contributed by atoms with E-state index in [2.05, 4.69) is 17.0 Å². The van der Waals surface area contributed by atoms with Gasteiger partial charge in [-0.1, -0.05) is 13.0 Å². The maximum atomic E-state index is 13.4. The van der Waals surface area contributed by atoms with Gasteiger partial charge in [0.2, 0.25) is 0 Å². The van der Waals surface area contributed by atoms with Crippen molar-refractivity contribution in [3.63, 3.8) is 0 Å². The molecule has 0 spiro atoms. The van der Waals surface area contributed by atoms with Crippen molar-refractivity contribution in [3.8, 4) is 11.5 Å². The Morgan fingerprint density at radius 1 is 1.15 bits per heavy atom. The normalized spacial score (nSPS) is 22.1. The van der Waals surface area contributed by atoms with Crippen LogP contribution in [0.2, 0.25) is 0 Å². The van der Waals surface area contributed by atoms with Crippen molar-refractivity contribution in [1.82, 2.24) is 10.2 Å². The predicted molar refractivity (Wildman–Crippen MR) is 130 cm³/mol. The summed E-state index contributed by atoms with van der Waals surface area (Å²) < 4.78 is 45.1. The molecule has 2 N–H and O–H groups in total. The Labute approximate surface area is 201 Å². The molecule has 0 saturated carbocycles. The molecule has 186 valence electrons. The Hall–Kier alpha value is -2.82. The second-order valence-corrected chi connectivity index (χ2v) is 10.2. The molecule has 0 aliphatic carbocycles. The molecular weight excluding hydrogens is 458 g/mol. The summed E-state index contributed by atoms with van der Waals surface area (Å²) in [6.07, 6.45) is -0.160. The molecule has 3 atom stereocenters. The SMILES string of the molecule is COc1cccc(S(=O)(=O)Nc2ccc3c(c2)C(=O)N(C)C[C@@H](OC)[C@@H](C)CN[C@H](C)CO3)c1. The van der Waals surface area contributed by atoms with Crippen molar-refractivity contribution in [2.75, 3.05) is 45.7 Å². The Balaban J connectivity index is 1.94. The lowest BCUT2D eigenvalue weighted by Crippen LogP contribution is -2.44. The number of likely N-dealkylation sites (N-methyl/N-ethyl adjacent to an activating group) is 1. The van der Waals surface area contributed by atoms with Gasteiger partial charge in [0.25, 0.3) is 15.9 Å². The number of carbonyl (C=O) groups excluding carboxylic acids is 1. The molecule has 0 radical (unpaired) electrons. The number of methoxy groups -OCH3 is 2. The smallest absolute Gasteiger partial charge is 0.262 e. The minimum atomic E-state index is -3.90. The molecule has 0 fully saturated rings. The quantitative estimate of drug-likeness (QED) is 0.662. The van der Waals surface area contributed by atoms with Crippen LogP contribution in [-0.4, -0.2) is 72.3 Å². The van der Waals surface area contributed by atoms with Crippen molar-refractivity contribution in [3.05, 3.63) is 48.0 Å². The summed E-state index contributed by atoms with van der Waals surface area (Å²) in [7, 11) is 0.901. The van der Waals surface area contributed by atoms with E-state index in [0.29, 0.717) is 24.7 Å². The maximum absolute atomic E-state index is 13.4. The monoisotopic (exact) mass is 491 g/mol. The van der Waals surface area contributed by atoms with Crippen LogP contribution in [0.4, 0.5) is 5.69 Å². The van der Waals surface area contributed by atoms with Gasteiger partial charge in [0, 0.05) is 45.0 Å². The van der Waals surface area contributed by atoms with E-state index in [1.54, 1.807) is 43.3 Å². The molecule has 9 nitrogen and oxygen atoms in total. The zero-order valence-corrected chi connectivity index (χ0v) is 21.0.